The van der Waals surface area contributed by atoms with Crippen LogP contribution in [0, 0.1) is 5.92 Å². The number of ether oxygens (including phenoxy) is 3. The number of allylic oxidation sites excluding steroid dienone is 1. The highest BCUT2D eigenvalue weighted by Gasteiger charge is 2.73. The van der Waals surface area contributed by atoms with E-state index < -0.39 is 30.3 Å². The monoisotopic (exact) mass is 468 g/mol. The van der Waals surface area contributed by atoms with Crippen LogP contribution in [0.3, 0.4) is 0 Å². The van der Waals surface area contributed by atoms with Gasteiger partial charge in [-0.3, -0.25) is 0 Å². The minimum atomic E-state index is -5.78. The Hall–Kier alpha value is -2.04. The number of aryl methyl sites for hydroxylation is 1. The Bertz CT molecular complexity index is 815. The van der Waals surface area contributed by atoms with E-state index in [9.17, 15) is 26.3 Å². The van der Waals surface area contributed by atoms with E-state index in [0.29, 0.717) is 18.9 Å². The number of aliphatic hydroxyl groups is 1. The predicted octanol–water partition coefficient (Wildman–Crippen LogP) is 5.45. The summed E-state index contributed by atoms with van der Waals surface area (Å²) in [7, 11) is 0.937. The van der Waals surface area contributed by atoms with E-state index >= 15 is 0 Å². The number of hydrogen-bond donors (Lipinski definition) is 1. The van der Waals surface area contributed by atoms with Crippen LogP contribution in [0.1, 0.15) is 30.9 Å². The van der Waals surface area contributed by atoms with Gasteiger partial charge in [-0.05, 0) is 36.1 Å². The van der Waals surface area contributed by atoms with Crippen LogP contribution in [0.15, 0.2) is 42.0 Å². The van der Waals surface area contributed by atoms with E-state index in [0.717, 1.165) is 30.4 Å². The lowest BCUT2D eigenvalue weighted by Gasteiger charge is -2.37. The van der Waals surface area contributed by atoms with Crippen molar-refractivity contribution in [2.75, 3.05) is 27.1 Å². The fourth-order valence-corrected chi connectivity index (χ4v) is 3.43. The van der Waals surface area contributed by atoms with Crippen molar-refractivity contribution in [1.82, 2.24) is 0 Å². The Kier molecular flexibility index (Phi) is 8.41. The standard InChI is InChI=1S/C22H26F6O4/c1-4-5-15-10-17(20(21(23,24)25,22(26,27)28)32-13-30-3)6-7-19(15)31-12-16-11-18(16)14(2)8-9-29/h6-7,10-11,18,29H,2,4-5,8-9,12-13H2,1,3H3/t18-/m0/s1. The summed E-state index contributed by atoms with van der Waals surface area (Å²) >= 11 is 0. The number of alkyl halides is 6. The summed E-state index contributed by atoms with van der Waals surface area (Å²) in [5.41, 5.74) is -3.73. The second kappa shape index (κ2) is 10.3. The normalized spacial score (nSPS) is 16.7. The van der Waals surface area contributed by atoms with Gasteiger partial charge in [0.1, 0.15) is 19.1 Å². The van der Waals surface area contributed by atoms with Crippen LogP contribution < -0.4 is 4.74 Å². The summed E-state index contributed by atoms with van der Waals surface area (Å²) < 4.78 is 97.0. The summed E-state index contributed by atoms with van der Waals surface area (Å²) in [6.45, 7) is 4.49. The first-order chi connectivity index (χ1) is 14.9. The first kappa shape index (κ1) is 26.2. The van der Waals surface area contributed by atoms with Crippen molar-refractivity contribution < 1.29 is 45.7 Å². The second-order valence-corrected chi connectivity index (χ2v) is 7.44. The molecule has 0 spiro atoms. The van der Waals surface area contributed by atoms with Crippen LogP contribution in [-0.4, -0.2) is 44.6 Å². The lowest BCUT2D eigenvalue weighted by atomic mass is 9.89. The molecule has 0 heterocycles. The molecule has 1 aliphatic carbocycles. The van der Waals surface area contributed by atoms with Crippen LogP contribution in [0.2, 0.25) is 0 Å². The topological polar surface area (TPSA) is 47.9 Å². The number of hydrogen-bond acceptors (Lipinski definition) is 4. The van der Waals surface area contributed by atoms with Gasteiger partial charge in [0.05, 0.1) is 0 Å². The third-order valence-corrected chi connectivity index (χ3v) is 5.12. The minimum absolute atomic E-state index is 0.0124. The molecule has 0 bridgehead atoms. The van der Waals surface area contributed by atoms with Crippen molar-refractivity contribution >= 4 is 0 Å². The zero-order valence-electron chi connectivity index (χ0n) is 17.8. The van der Waals surface area contributed by atoms with Gasteiger partial charge in [-0.2, -0.15) is 26.3 Å². The summed E-state index contributed by atoms with van der Waals surface area (Å²) in [6, 6.07) is 2.65. The maximum Gasteiger partial charge on any atom is 0.430 e. The molecule has 0 saturated carbocycles. The largest absolute Gasteiger partial charge is 0.489 e. The van der Waals surface area contributed by atoms with E-state index in [1.807, 2.05) is 6.08 Å². The van der Waals surface area contributed by atoms with Crippen molar-refractivity contribution in [2.24, 2.45) is 5.92 Å². The molecule has 180 valence electrons. The highest BCUT2D eigenvalue weighted by atomic mass is 19.4. The third-order valence-electron chi connectivity index (χ3n) is 5.12. The maximum atomic E-state index is 13.8. The van der Waals surface area contributed by atoms with E-state index in [2.05, 4.69) is 16.1 Å². The molecule has 0 radical (unpaired) electrons. The first-order valence-corrected chi connectivity index (χ1v) is 9.94. The number of halogens is 6. The molecule has 4 nitrogen and oxygen atoms in total. The molecular weight excluding hydrogens is 442 g/mol. The molecule has 0 saturated heterocycles. The van der Waals surface area contributed by atoms with Crippen molar-refractivity contribution in [3.8, 4) is 5.75 Å². The zero-order valence-corrected chi connectivity index (χ0v) is 17.8. The van der Waals surface area contributed by atoms with E-state index in [1.165, 1.54) is 0 Å². The number of methoxy groups -OCH3 is 1. The fraction of sp³-hybridized carbons (Fsp3) is 0.545. The van der Waals surface area contributed by atoms with Gasteiger partial charge in [0.15, 0.2) is 0 Å². The van der Waals surface area contributed by atoms with Gasteiger partial charge < -0.3 is 19.3 Å². The van der Waals surface area contributed by atoms with Gasteiger partial charge in [0, 0.05) is 25.2 Å². The van der Waals surface area contributed by atoms with Crippen molar-refractivity contribution in [2.45, 2.75) is 44.1 Å². The average molecular weight is 468 g/mol. The van der Waals surface area contributed by atoms with Gasteiger partial charge in [-0.25, -0.2) is 0 Å². The predicted molar refractivity (Wildman–Crippen MR) is 105 cm³/mol. The molecule has 1 aliphatic rings. The second-order valence-electron chi connectivity index (χ2n) is 7.44. The molecule has 10 heteroatoms. The fourth-order valence-electron chi connectivity index (χ4n) is 3.43. The molecule has 1 N–H and O–H groups in total. The van der Waals surface area contributed by atoms with E-state index in [1.54, 1.807) is 6.92 Å². The van der Waals surface area contributed by atoms with Gasteiger partial charge >= 0.3 is 12.4 Å². The lowest BCUT2D eigenvalue weighted by Crippen LogP contribution is -2.56. The molecule has 2 rings (SSSR count). The van der Waals surface area contributed by atoms with Gasteiger partial charge in [-0.1, -0.05) is 37.6 Å². The Balaban J connectivity index is 2.35. The highest BCUT2D eigenvalue weighted by molar-refractivity contribution is 5.43. The van der Waals surface area contributed by atoms with Gasteiger partial charge in [-0.15, -0.1) is 0 Å². The molecule has 32 heavy (non-hydrogen) atoms. The smallest absolute Gasteiger partial charge is 0.430 e. The molecular formula is C22H26F6O4. The first-order valence-electron chi connectivity index (χ1n) is 9.94. The molecule has 0 aliphatic heterocycles. The number of aliphatic hydroxyl groups excluding tert-OH is 1. The molecule has 0 unspecified atom stereocenters. The SMILES string of the molecule is C=C(CCO)[C@@H]1C=C1COc1ccc(C(OCOC)(C(F)(F)F)C(F)(F)F)cc1CCC. The molecule has 1 atom stereocenters. The van der Waals surface area contributed by atoms with Crippen molar-refractivity contribution in [1.29, 1.82) is 0 Å². The lowest BCUT2D eigenvalue weighted by molar-refractivity contribution is -0.400. The van der Waals surface area contributed by atoms with Crippen molar-refractivity contribution in [3.05, 3.63) is 53.1 Å². The average Bonchev–Trinajstić information content (AvgIpc) is 3.46. The van der Waals surface area contributed by atoms with Crippen molar-refractivity contribution in [3.63, 3.8) is 0 Å². The molecule has 1 aromatic carbocycles. The van der Waals surface area contributed by atoms with E-state index in [-0.39, 0.29) is 36.9 Å². The third kappa shape index (κ3) is 5.47. The van der Waals surface area contributed by atoms with Crippen LogP contribution in [0.4, 0.5) is 26.3 Å². The summed E-state index contributed by atoms with van der Waals surface area (Å²) in [4.78, 5) is 0. The van der Waals surface area contributed by atoms with Crippen LogP contribution in [0.25, 0.3) is 0 Å². The Labute approximate surface area is 182 Å². The van der Waals surface area contributed by atoms with Crippen LogP contribution >= 0.6 is 0 Å². The summed E-state index contributed by atoms with van der Waals surface area (Å²) in [6.07, 6.45) is -8.58. The Morgan fingerprint density at radius 3 is 2.31 bits per heavy atom. The van der Waals surface area contributed by atoms with E-state index in [4.69, 9.17) is 9.84 Å². The zero-order chi connectivity index (χ0) is 24.2. The van der Waals surface area contributed by atoms with Gasteiger partial charge in [0.25, 0.3) is 5.60 Å². The Morgan fingerprint density at radius 2 is 1.78 bits per heavy atom. The summed E-state index contributed by atoms with van der Waals surface area (Å²) in [5, 5.41) is 8.97. The molecule has 0 amide bonds. The highest BCUT2D eigenvalue weighted by Crippen LogP contribution is 2.53. The minimum Gasteiger partial charge on any atom is -0.489 e. The number of benzene rings is 1. The molecule has 0 aromatic heterocycles. The maximum absolute atomic E-state index is 13.8. The van der Waals surface area contributed by atoms with Gasteiger partial charge in [0.2, 0.25) is 0 Å². The molecule has 1 aromatic rings. The number of rotatable bonds is 12. The molecule has 0 fully saturated rings. The summed E-state index contributed by atoms with van der Waals surface area (Å²) in [5.74, 6) is 0.182. The Morgan fingerprint density at radius 1 is 1.12 bits per heavy atom. The van der Waals surface area contributed by atoms with Crippen LogP contribution in [0.5, 0.6) is 5.75 Å². The quantitative estimate of drug-likeness (QED) is 0.252. The van der Waals surface area contributed by atoms with Crippen LogP contribution in [-0.2, 0) is 21.5 Å².